The molecule has 2 rings (SSSR count). The van der Waals surface area contributed by atoms with Crippen LogP contribution in [-0.4, -0.2) is 29.3 Å². The van der Waals surface area contributed by atoms with Gasteiger partial charge < -0.3 is 10.2 Å². The first kappa shape index (κ1) is 16.6. The summed E-state index contributed by atoms with van der Waals surface area (Å²) in [5, 5.41) is 3.93. The molecule has 1 aliphatic heterocycles. The second-order valence-electron chi connectivity index (χ2n) is 4.89. The number of likely N-dealkylation sites (tertiary alicyclic amines) is 1. The molecular weight excluding hydrogens is 344 g/mol. The van der Waals surface area contributed by atoms with Crippen molar-refractivity contribution in [1.29, 1.82) is 0 Å². The third-order valence-corrected chi connectivity index (χ3v) is 4.44. The highest BCUT2D eigenvalue weighted by molar-refractivity contribution is 7.80. The highest BCUT2D eigenvalue weighted by Gasteiger charge is 2.42. The highest BCUT2D eigenvalue weighted by Crippen LogP contribution is 2.33. The Hall–Kier alpha value is -0.720. The minimum absolute atomic E-state index is 0.114. The lowest BCUT2D eigenvalue weighted by molar-refractivity contribution is -0.183. The van der Waals surface area contributed by atoms with Gasteiger partial charge in [-0.25, -0.2) is 0 Å². The van der Waals surface area contributed by atoms with Gasteiger partial charge in [-0.15, -0.1) is 0 Å². The van der Waals surface area contributed by atoms with Gasteiger partial charge in [-0.05, 0) is 43.3 Å². The van der Waals surface area contributed by atoms with Gasteiger partial charge in [-0.1, -0.05) is 23.2 Å². The summed E-state index contributed by atoms with van der Waals surface area (Å²) < 4.78 is 38.3. The average molecular weight is 357 g/mol. The minimum atomic E-state index is -4.18. The van der Waals surface area contributed by atoms with E-state index in [4.69, 9.17) is 35.4 Å². The number of piperidine rings is 1. The normalized spacial score (nSPS) is 19.5. The molecule has 1 N–H and O–H groups in total. The Morgan fingerprint density at radius 2 is 2.00 bits per heavy atom. The molecular formula is C13H13Cl2F3N2S. The third kappa shape index (κ3) is 4.37. The van der Waals surface area contributed by atoms with Crippen LogP contribution in [0.4, 0.5) is 18.9 Å². The lowest BCUT2D eigenvalue weighted by Gasteiger charge is -2.35. The molecule has 2 nitrogen and oxygen atoms in total. The molecule has 0 spiro atoms. The Labute approximate surface area is 136 Å². The summed E-state index contributed by atoms with van der Waals surface area (Å²) in [7, 11) is 0. The van der Waals surface area contributed by atoms with Gasteiger partial charge in [0.2, 0.25) is 0 Å². The molecule has 1 aromatic rings. The van der Waals surface area contributed by atoms with Crippen molar-refractivity contribution in [2.24, 2.45) is 5.92 Å². The standard InChI is InChI=1S/C13H13Cl2F3N2S/c14-10-4-3-9(6-11(10)15)19-12(21)20-5-1-2-8(7-20)13(16,17)18/h3-4,6,8H,1-2,5,7H2,(H,19,21). The maximum atomic E-state index is 12.8. The molecule has 1 aliphatic rings. The molecule has 0 amide bonds. The van der Waals surface area contributed by atoms with Crippen molar-refractivity contribution in [2.45, 2.75) is 19.0 Å². The molecule has 1 atom stereocenters. The van der Waals surface area contributed by atoms with Crippen LogP contribution < -0.4 is 5.32 Å². The first-order valence-electron chi connectivity index (χ1n) is 6.35. The summed E-state index contributed by atoms with van der Waals surface area (Å²) in [6, 6.07) is 4.86. The Kier molecular flexibility index (Phi) is 5.22. The van der Waals surface area contributed by atoms with Gasteiger partial charge in [0.05, 0.1) is 16.0 Å². The van der Waals surface area contributed by atoms with E-state index in [1.54, 1.807) is 23.1 Å². The Balaban J connectivity index is 2.01. The molecule has 8 heteroatoms. The minimum Gasteiger partial charge on any atom is -0.348 e. The lowest BCUT2D eigenvalue weighted by atomic mass is 9.98. The average Bonchev–Trinajstić information content (AvgIpc) is 2.42. The summed E-state index contributed by atoms with van der Waals surface area (Å²) in [5.41, 5.74) is 0.600. The molecule has 1 fully saturated rings. The molecule has 0 aromatic heterocycles. The van der Waals surface area contributed by atoms with Crippen molar-refractivity contribution in [2.75, 3.05) is 18.4 Å². The fourth-order valence-corrected chi connectivity index (χ4v) is 2.79. The van der Waals surface area contributed by atoms with E-state index in [0.717, 1.165) is 0 Å². The zero-order valence-corrected chi connectivity index (χ0v) is 13.2. The van der Waals surface area contributed by atoms with Crippen molar-refractivity contribution in [3.63, 3.8) is 0 Å². The van der Waals surface area contributed by atoms with Crippen molar-refractivity contribution in [3.05, 3.63) is 28.2 Å². The van der Waals surface area contributed by atoms with E-state index < -0.39 is 12.1 Å². The van der Waals surface area contributed by atoms with Crippen LogP contribution in [0.25, 0.3) is 0 Å². The van der Waals surface area contributed by atoms with Crippen LogP contribution in [0.5, 0.6) is 0 Å². The first-order valence-corrected chi connectivity index (χ1v) is 7.51. The van der Waals surface area contributed by atoms with Crippen molar-refractivity contribution in [1.82, 2.24) is 4.90 Å². The summed E-state index contributed by atoms with van der Waals surface area (Å²) in [4.78, 5) is 1.54. The Morgan fingerprint density at radius 3 is 2.62 bits per heavy atom. The molecule has 0 radical (unpaired) electrons. The smallest absolute Gasteiger partial charge is 0.348 e. The molecule has 21 heavy (non-hydrogen) atoms. The molecule has 1 heterocycles. The van der Waals surface area contributed by atoms with Gasteiger partial charge in [0.1, 0.15) is 0 Å². The quantitative estimate of drug-likeness (QED) is 0.715. The maximum Gasteiger partial charge on any atom is 0.393 e. The van der Waals surface area contributed by atoms with Crippen LogP contribution in [0.2, 0.25) is 10.0 Å². The van der Waals surface area contributed by atoms with E-state index in [1.807, 2.05) is 0 Å². The predicted octanol–water partition coefficient (Wildman–Crippen LogP) is 4.96. The number of benzene rings is 1. The van der Waals surface area contributed by atoms with Crippen LogP contribution in [0.3, 0.4) is 0 Å². The molecule has 0 aliphatic carbocycles. The zero-order chi connectivity index (χ0) is 15.6. The van der Waals surface area contributed by atoms with Crippen LogP contribution in [0.1, 0.15) is 12.8 Å². The summed E-state index contributed by atoms with van der Waals surface area (Å²) >= 11 is 16.9. The predicted molar refractivity (Wildman–Crippen MR) is 83.0 cm³/mol. The number of thiocarbonyl (C=S) groups is 1. The number of hydrogen-bond acceptors (Lipinski definition) is 1. The first-order chi connectivity index (χ1) is 9.77. The van der Waals surface area contributed by atoms with E-state index >= 15 is 0 Å². The fourth-order valence-electron chi connectivity index (χ4n) is 2.21. The van der Waals surface area contributed by atoms with Gasteiger partial charge in [0.25, 0.3) is 0 Å². The summed E-state index contributed by atoms with van der Waals surface area (Å²) in [5.74, 6) is -1.33. The molecule has 1 saturated heterocycles. The van der Waals surface area contributed by atoms with E-state index in [1.165, 1.54) is 0 Å². The zero-order valence-electron chi connectivity index (χ0n) is 10.9. The van der Waals surface area contributed by atoms with Crippen LogP contribution in [0, 0.1) is 5.92 Å². The van der Waals surface area contributed by atoms with Crippen molar-refractivity contribution < 1.29 is 13.2 Å². The van der Waals surface area contributed by atoms with E-state index in [2.05, 4.69) is 5.32 Å². The largest absolute Gasteiger partial charge is 0.393 e. The number of hydrogen-bond donors (Lipinski definition) is 1. The monoisotopic (exact) mass is 356 g/mol. The molecule has 116 valence electrons. The SMILES string of the molecule is FC(F)(F)C1CCCN(C(=S)Nc2ccc(Cl)c(Cl)c2)C1. The van der Waals surface area contributed by atoms with Crippen molar-refractivity contribution in [3.8, 4) is 0 Å². The second kappa shape index (κ2) is 6.58. The maximum absolute atomic E-state index is 12.8. The number of halogens is 5. The van der Waals surface area contributed by atoms with Gasteiger partial charge in [0.15, 0.2) is 5.11 Å². The van der Waals surface area contributed by atoms with Gasteiger partial charge in [-0.2, -0.15) is 13.2 Å². The van der Waals surface area contributed by atoms with Gasteiger partial charge in [-0.3, -0.25) is 0 Å². The van der Waals surface area contributed by atoms with E-state index in [9.17, 15) is 13.2 Å². The lowest BCUT2D eigenvalue weighted by Crippen LogP contribution is -2.46. The number of nitrogens with one attached hydrogen (secondary N) is 1. The van der Waals surface area contributed by atoms with Crippen LogP contribution in [0.15, 0.2) is 18.2 Å². The summed E-state index contributed by atoms with van der Waals surface area (Å²) in [6.07, 6.45) is -3.57. The number of nitrogens with zero attached hydrogens (tertiary/aromatic N) is 1. The van der Waals surface area contributed by atoms with E-state index in [0.29, 0.717) is 28.7 Å². The van der Waals surface area contributed by atoms with Gasteiger partial charge in [0, 0.05) is 18.8 Å². The Morgan fingerprint density at radius 1 is 1.29 bits per heavy atom. The molecule has 0 saturated carbocycles. The topological polar surface area (TPSA) is 15.3 Å². The fraction of sp³-hybridized carbons (Fsp3) is 0.462. The number of rotatable bonds is 1. The molecule has 1 aromatic carbocycles. The Bertz CT molecular complexity index is 537. The van der Waals surface area contributed by atoms with Crippen LogP contribution in [-0.2, 0) is 0 Å². The highest BCUT2D eigenvalue weighted by atomic mass is 35.5. The molecule has 0 bridgehead atoms. The number of alkyl halides is 3. The van der Waals surface area contributed by atoms with Crippen molar-refractivity contribution >= 4 is 46.2 Å². The number of anilines is 1. The summed E-state index contributed by atoms with van der Waals surface area (Å²) in [6.45, 7) is 0.399. The third-order valence-electron chi connectivity index (χ3n) is 3.34. The molecule has 1 unspecified atom stereocenters. The second-order valence-corrected chi connectivity index (χ2v) is 6.09. The van der Waals surface area contributed by atoms with Crippen LogP contribution >= 0.6 is 35.4 Å². The van der Waals surface area contributed by atoms with E-state index in [-0.39, 0.29) is 18.1 Å². The van der Waals surface area contributed by atoms with Gasteiger partial charge >= 0.3 is 6.18 Å².